The van der Waals surface area contributed by atoms with Crippen molar-refractivity contribution >= 4 is 11.9 Å². The van der Waals surface area contributed by atoms with Gasteiger partial charge in [0.25, 0.3) is 5.56 Å². The van der Waals surface area contributed by atoms with Crippen LogP contribution in [0.2, 0.25) is 0 Å². The van der Waals surface area contributed by atoms with Crippen molar-refractivity contribution in [1.29, 1.82) is 0 Å². The number of hydrogen-bond donors (Lipinski definition) is 2. The zero-order valence-electron chi connectivity index (χ0n) is 16.8. The van der Waals surface area contributed by atoms with Gasteiger partial charge in [-0.1, -0.05) is 20.3 Å². The van der Waals surface area contributed by atoms with E-state index in [0.717, 1.165) is 4.68 Å². The van der Waals surface area contributed by atoms with E-state index < -0.39 is 23.5 Å². The molecule has 29 heavy (non-hydrogen) atoms. The van der Waals surface area contributed by atoms with Crippen LogP contribution in [0.5, 0.6) is 11.5 Å². The minimum absolute atomic E-state index is 0.251. The molecule has 2 rings (SSSR count). The van der Waals surface area contributed by atoms with Gasteiger partial charge in [-0.25, -0.2) is 9.48 Å². The number of ether oxygens (including phenoxy) is 2. The summed E-state index contributed by atoms with van der Waals surface area (Å²) in [6, 6.07) is 6.98. The average Bonchev–Trinajstić information content (AvgIpc) is 2.72. The molecule has 0 saturated heterocycles. The molecule has 1 aromatic carbocycles. The molecule has 2 aromatic rings. The Morgan fingerprint density at radius 3 is 2.45 bits per heavy atom. The number of carboxylic acid groups (broad SMARTS) is 1. The fourth-order valence-corrected chi connectivity index (χ4v) is 2.75. The van der Waals surface area contributed by atoms with Gasteiger partial charge in [-0.05, 0) is 30.2 Å². The SMILES string of the molecule is CC[C@H](C)[C@@H](NC(=O)Cn1nc(-c2ccc(OC)c(OC)c2)ccc1=O)C(=O)O. The highest BCUT2D eigenvalue weighted by Crippen LogP contribution is 2.31. The maximum atomic E-state index is 12.3. The highest BCUT2D eigenvalue weighted by molar-refractivity contribution is 5.83. The van der Waals surface area contributed by atoms with Crippen molar-refractivity contribution in [3.63, 3.8) is 0 Å². The summed E-state index contributed by atoms with van der Waals surface area (Å²) in [5.41, 5.74) is 0.648. The number of benzene rings is 1. The standard InChI is InChI=1S/C20H25N3O6/c1-5-12(2)19(20(26)27)21-17(24)11-23-18(25)9-7-14(22-23)13-6-8-15(28-3)16(10-13)29-4/h6-10,12,19H,5,11H2,1-4H3,(H,21,24)(H,26,27)/t12-,19+/m0/s1. The van der Waals surface area contributed by atoms with Gasteiger partial charge in [0.05, 0.1) is 19.9 Å². The van der Waals surface area contributed by atoms with Crippen molar-refractivity contribution in [1.82, 2.24) is 15.1 Å². The minimum Gasteiger partial charge on any atom is -0.493 e. The van der Waals surface area contributed by atoms with Gasteiger partial charge in [-0.2, -0.15) is 5.10 Å². The zero-order chi connectivity index (χ0) is 21.6. The summed E-state index contributed by atoms with van der Waals surface area (Å²) in [6.45, 7) is 3.19. The lowest BCUT2D eigenvalue weighted by molar-refractivity contribution is -0.143. The summed E-state index contributed by atoms with van der Waals surface area (Å²) in [4.78, 5) is 35.8. The molecule has 9 heteroatoms. The number of nitrogens with zero attached hydrogens (tertiary/aromatic N) is 2. The number of amides is 1. The summed E-state index contributed by atoms with van der Waals surface area (Å²) >= 11 is 0. The lowest BCUT2D eigenvalue weighted by Gasteiger charge is -2.20. The molecule has 2 atom stereocenters. The molecular formula is C20H25N3O6. The van der Waals surface area contributed by atoms with Crippen LogP contribution in [-0.4, -0.2) is 47.0 Å². The van der Waals surface area contributed by atoms with E-state index in [0.29, 0.717) is 29.2 Å². The Bertz CT molecular complexity index is 940. The summed E-state index contributed by atoms with van der Waals surface area (Å²) in [6.07, 6.45) is 0.588. The van der Waals surface area contributed by atoms with E-state index >= 15 is 0 Å². The second-order valence-electron chi connectivity index (χ2n) is 6.55. The normalized spacial score (nSPS) is 12.7. The van der Waals surface area contributed by atoms with Crippen LogP contribution in [0.1, 0.15) is 20.3 Å². The summed E-state index contributed by atoms with van der Waals surface area (Å²) < 4.78 is 11.5. The van der Waals surface area contributed by atoms with Gasteiger partial charge in [0.2, 0.25) is 5.91 Å². The Morgan fingerprint density at radius 1 is 1.17 bits per heavy atom. The predicted octanol–water partition coefficient (Wildman–Crippen LogP) is 1.54. The second-order valence-corrected chi connectivity index (χ2v) is 6.55. The molecular weight excluding hydrogens is 378 g/mol. The summed E-state index contributed by atoms with van der Waals surface area (Å²) in [5, 5.41) is 16.0. The van der Waals surface area contributed by atoms with E-state index in [1.807, 2.05) is 6.92 Å². The smallest absolute Gasteiger partial charge is 0.326 e. The largest absolute Gasteiger partial charge is 0.493 e. The summed E-state index contributed by atoms with van der Waals surface area (Å²) in [5.74, 6) is -0.920. The number of methoxy groups -OCH3 is 2. The van der Waals surface area contributed by atoms with Crippen molar-refractivity contribution in [3.05, 3.63) is 40.7 Å². The first-order valence-corrected chi connectivity index (χ1v) is 9.13. The third kappa shape index (κ3) is 5.34. The Balaban J connectivity index is 2.26. The number of aliphatic carboxylic acids is 1. The number of carboxylic acids is 1. The maximum Gasteiger partial charge on any atom is 0.326 e. The van der Waals surface area contributed by atoms with Crippen LogP contribution in [0.3, 0.4) is 0 Å². The first-order valence-electron chi connectivity index (χ1n) is 9.13. The van der Waals surface area contributed by atoms with Gasteiger partial charge in [0.1, 0.15) is 12.6 Å². The molecule has 0 aliphatic carbocycles. The Morgan fingerprint density at radius 2 is 1.86 bits per heavy atom. The molecule has 0 fully saturated rings. The van der Waals surface area contributed by atoms with E-state index in [4.69, 9.17) is 9.47 Å². The molecule has 0 radical (unpaired) electrons. The van der Waals surface area contributed by atoms with Crippen LogP contribution < -0.4 is 20.3 Å². The van der Waals surface area contributed by atoms with Crippen LogP contribution in [0.25, 0.3) is 11.3 Å². The molecule has 1 aromatic heterocycles. The van der Waals surface area contributed by atoms with E-state index in [1.165, 1.54) is 26.4 Å². The second kappa shape index (κ2) is 9.72. The van der Waals surface area contributed by atoms with Crippen LogP contribution in [-0.2, 0) is 16.1 Å². The molecule has 9 nitrogen and oxygen atoms in total. The Labute approximate surface area is 168 Å². The fourth-order valence-electron chi connectivity index (χ4n) is 2.75. The van der Waals surface area contributed by atoms with Gasteiger partial charge < -0.3 is 19.9 Å². The van der Waals surface area contributed by atoms with Crippen molar-refractivity contribution in [2.75, 3.05) is 14.2 Å². The zero-order valence-corrected chi connectivity index (χ0v) is 16.8. The fraction of sp³-hybridized carbons (Fsp3) is 0.400. The van der Waals surface area contributed by atoms with E-state index in [2.05, 4.69) is 10.4 Å². The first-order chi connectivity index (χ1) is 13.8. The number of hydrogen-bond acceptors (Lipinski definition) is 6. The number of carbonyl (C=O) groups is 2. The average molecular weight is 403 g/mol. The minimum atomic E-state index is -1.12. The van der Waals surface area contributed by atoms with Gasteiger partial charge in [0, 0.05) is 11.6 Å². The summed E-state index contributed by atoms with van der Waals surface area (Å²) in [7, 11) is 3.04. The maximum absolute atomic E-state index is 12.3. The number of nitrogens with one attached hydrogen (secondary N) is 1. The van der Waals surface area contributed by atoms with Gasteiger partial charge in [-0.3, -0.25) is 9.59 Å². The van der Waals surface area contributed by atoms with Crippen LogP contribution in [0.4, 0.5) is 0 Å². The first kappa shape index (κ1) is 21.9. The Hall–Kier alpha value is -3.36. The van der Waals surface area contributed by atoms with Crippen LogP contribution in [0, 0.1) is 5.92 Å². The molecule has 0 aliphatic rings. The topological polar surface area (TPSA) is 120 Å². The molecule has 0 spiro atoms. The van der Waals surface area contributed by atoms with E-state index in [1.54, 1.807) is 25.1 Å². The molecule has 0 aliphatic heterocycles. The van der Waals surface area contributed by atoms with Crippen molar-refractivity contribution in [2.24, 2.45) is 5.92 Å². The monoisotopic (exact) mass is 403 g/mol. The quantitative estimate of drug-likeness (QED) is 0.652. The molecule has 1 heterocycles. The van der Waals surface area contributed by atoms with Crippen LogP contribution in [0.15, 0.2) is 35.1 Å². The lowest BCUT2D eigenvalue weighted by atomic mass is 9.99. The molecule has 156 valence electrons. The van der Waals surface area contributed by atoms with Crippen molar-refractivity contribution in [2.45, 2.75) is 32.9 Å². The number of carbonyl (C=O) groups excluding carboxylic acids is 1. The van der Waals surface area contributed by atoms with Crippen molar-refractivity contribution < 1.29 is 24.2 Å². The van der Waals surface area contributed by atoms with E-state index in [9.17, 15) is 19.5 Å². The number of aromatic nitrogens is 2. The third-order valence-electron chi connectivity index (χ3n) is 4.63. The Kier molecular flexibility index (Phi) is 7.35. The molecule has 0 bridgehead atoms. The van der Waals surface area contributed by atoms with Gasteiger partial charge in [-0.15, -0.1) is 0 Å². The number of rotatable bonds is 9. The molecule has 0 saturated carbocycles. The third-order valence-corrected chi connectivity index (χ3v) is 4.63. The predicted molar refractivity (Wildman–Crippen MR) is 106 cm³/mol. The molecule has 2 N–H and O–H groups in total. The van der Waals surface area contributed by atoms with E-state index in [-0.39, 0.29) is 12.5 Å². The highest BCUT2D eigenvalue weighted by Gasteiger charge is 2.25. The van der Waals surface area contributed by atoms with Crippen LogP contribution >= 0.6 is 0 Å². The molecule has 1 amide bonds. The van der Waals surface area contributed by atoms with Gasteiger partial charge >= 0.3 is 5.97 Å². The lowest BCUT2D eigenvalue weighted by Crippen LogP contribution is -2.47. The van der Waals surface area contributed by atoms with Crippen molar-refractivity contribution in [3.8, 4) is 22.8 Å². The molecule has 0 unspecified atom stereocenters. The highest BCUT2D eigenvalue weighted by atomic mass is 16.5. The van der Waals surface area contributed by atoms with Gasteiger partial charge in [0.15, 0.2) is 11.5 Å².